The second-order valence-electron chi connectivity index (χ2n) is 5.82. The highest BCUT2D eigenvalue weighted by atomic mass is 32.2. The third-order valence-corrected chi connectivity index (χ3v) is 4.58. The van der Waals surface area contributed by atoms with Crippen LogP contribution in [0.1, 0.15) is 28.4 Å². The molecular formula is C18H21NO5S. The number of benzene rings is 2. The number of ether oxygens (including phenoxy) is 1. The van der Waals surface area contributed by atoms with Crippen molar-refractivity contribution in [1.29, 1.82) is 0 Å². The monoisotopic (exact) mass is 363 g/mol. The standard InChI is InChI=1S/C18H21NO5S/c1-13(17(19)12-25(21,22)23)24-11-14-7-9-16(10-8-14)18(20)15-5-3-2-4-6-15/h2-10,13,17H,11-12,19H2,1H3,(H,21,22,23). The van der Waals surface area contributed by atoms with Crippen molar-refractivity contribution in [2.24, 2.45) is 5.73 Å². The number of carbonyl (C=O) groups is 1. The molecule has 0 saturated heterocycles. The molecule has 0 fully saturated rings. The van der Waals surface area contributed by atoms with E-state index in [2.05, 4.69) is 0 Å². The number of rotatable bonds is 8. The maximum Gasteiger partial charge on any atom is 0.266 e. The highest BCUT2D eigenvalue weighted by Gasteiger charge is 2.19. The van der Waals surface area contributed by atoms with Crippen molar-refractivity contribution >= 4 is 15.9 Å². The van der Waals surface area contributed by atoms with Gasteiger partial charge in [0.15, 0.2) is 5.78 Å². The zero-order valence-electron chi connectivity index (χ0n) is 13.8. The fourth-order valence-electron chi connectivity index (χ4n) is 2.24. The lowest BCUT2D eigenvalue weighted by molar-refractivity contribution is 0.0401. The van der Waals surface area contributed by atoms with E-state index < -0.39 is 28.0 Å². The van der Waals surface area contributed by atoms with Gasteiger partial charge in [0.1, 0.15) is 0 Å². The predicted octanol–water partition coefficient (Wildman–Crippen LogP) is 2.04. The third kappa shape index (κ3) is 6.06. The Morgan fingerprint density at radius 2 is 1.64 bits per heavy atom. The Morgan fingerprint density at radius 1 is 1.08 bits per heavy atom. The zero-order valence-corrected chi connectivity index (χ0v) is 14.6. The molecule has 2 unspecified atom stereocenters. The zero-order chi connectivity index (χ0) is 18.4. The van der Waals surface area contributed by atoms with Crippen LogP contribution in [0.15, 0.2) is 54.6 Å². The summed E-state index contributed by atoms with van der Waals surface area (Å²) >= 11 is 0. The molecule has 0 aliphatic carbocycles. The molecule has 0 saturated carbocycles. The minimum Gasteiger partial charge on any atom is -0.372 e. The first-order valence-corrected chi connectivity index (χ1v) is 9.38. The molecule has 6 nitrogen and oxygen atoms in total. The van der Waals surface area contributed by atoms with Gasteiger partial charge in [-0.2, -0.15) is 8.42 Å². The van der Waals surface area contributed by atoms with Crippen LogP contribution in [0.2, 0.25) is 0 Å². The topological polar surface area (TPSA) is 107 Å². The molecule has 2 rings (SSSR count). The van der Waals surface area contributed by atoms with Gasteiger partial charge in [0, 0.05) is 17.2 Å². The van der Waals surface area contributed by atoms with E-state index in [1.54, 1.807) is 43.3 Å². The van der Waals surface area contributed by atoms with Crippen molar-refractivity contribution in [3.05, 3.63) is 71.3 Å². The molecule has 0 aliphatic heterocycles. The summed E-state index contributed by atoms with van der Waals surface area (Å²) < 4.78 is 36.0. The Balaban J connectivity index is 1.93. The Morgan fingerprint density at radius 3 is 2.20 bits per heavy atom. The summed E-state index contributed by atoms with van der Waals surface area (Å²) in [4.78, 5) is 12.3. The quantitative estimate of drug-likeness (QED) is 0.549. The molecule has 0 heterocycles. The SMILES string of the molecule is CC(OCc1ccc(C(=O)c2ccccc2)cc1)C(N)CS(=O)(=O)O. The van der Waals surface area contributed by atoms with E-state index in [1.807, 2.05) is 18.2 Å². The minimum atomic E-state index is -4.14. The first-order valence-electron chi connectivity index (χ1n) is 7.77. The van der Waals surface area contributed by atoms with Gasteiger partial charge in [0.05, 0.1) is 18.5 Å². The van der Waals surface area contributed by atoms with E-state index in [-0.39, 0.29) is 12.4 Å². The van der Waals surface area contributed by atoms with E-state index >= 15 is 0 Å². The Bertz CT molecular complexity index is 803. The summed E-state index contributed by atoms with van der Waals surface area (Å²) in [5.74, 6) is -0.616. The van der Waals surface area contributed by atoms with Gasteiger partial charge < -0.3 is 10.5 Å². The van der Waals surface area contributed by atoms with Gasteiger partial charge >= 0.3 is 0 Å². The predicted molar refractivity (Wildman–Crippen MR) is 95.0 cm³/mol. The van der Waals surface area contributed by atoms with Gasteiger partial charge in [-0.05, 0) is 12.5 Å². The van der Waals surface area contributed by atoms with E-state index in [9.17, 15) is 13.2 Å². The lowest BCUT2D eigenvalue weighted by atomic mass is 10.0. The van der Waals surface area contributed by atoms with Crippen molar-refractivity contribution in [3.63, 3.8) is 0 Å². The number of ketones is 1. The van der Waals surface area contributed by atoms with Gasteiger partial charge in [0.2, 0.25) is 0 Å². The van der Waals surface area contributed by atoms with Gasteiger partial charge in [-0.3, -0.25) is 9.35 Å². The van der Waals surface area contributed by atoms with Gasteiger partial charge in [-0.25, -0.2) is 0 Å². The summed E-state index contributed by atoms with van der Waals surface area (Å²) in [5.41, 5.74) is 7.71. The molecule has 2 aromatic carbocycles. The van der Waals surface area contributed by atoms with E-state index in [1.165, 1.54) is 0 Å². The van der Waals surface area contributed by atoms with Crippen LogP contribution >= 0.6 is 0 Å². The van der Waals surface area contributed by atoms with Gasteiger partial charge in [-0.1, -0.05) is 54.6 Å². The largest absolute Gasteiger partial charge is 0.372 e. The summed E-state index contributed by atoms with van der Waals surface area (Å²) in [6, 6.07) is 15.2. The fraction of sp³-hybridized carbons (Fsp3) is 0.278. The number of hydrogen-bond donors (Lipinski definition) is 2. The maximum absolute atomic E-state index is 12.3. The smallest absolute Gasteiger partial charge is 0.266 e. The lowest BCUT2D eigenvalue weighted by Crippen LogP contribution is -2.40. The van der Waals surface area contributed by atoms with Crippen LogP contribution in [0.5, 0.6) is 0 Å². The summed E-state index contributed by atoms with van der Waals surface area (Å²) in [5, 5.41) is 0. The third-order valence-electron chi connectivity index (χ3n) is 3.77. The fourth-order valence-corrected chi connectivity index (χ4v) is 3.00. The summed E-state index contributed by atoms with van der Waals surface area (Å²) in [6.45, 7) is 1.86. The first-order chi connectivity index (χ1) is 11.8. The number of nitrogens with two attached hydrogens (primary N) is 1. The van der Waals surface area contributed by atoms with Crippen LogP contribution in [0.4, 0.5) is 0 Å². The van der Waals surface area contributed by atoms with Crippen molar-refractivity contribution in [3.8, 4) is 0 Å². The van der Waals surface area contributed by atoms with E-state index in [0.29, 0.717) is 11.1 Å². The molecule has 25 heavy (non-hydrogen) atoms. The van der Waals surface area contributed by atoms with Crippen LogP contribution in [-0.2, 0) is 21.5 Å². The van der Waals surface area contributed by atoms with Crippen LogP contribution in [0.25, 0.3) is 0 Å². The highest BCUT2D eigenvalue weighted by molar-refractivity contribution is 7.85. The van der Waals surface area contributed by atoms with E-state index in [4.69, 9.17) is 15.0 Å². The average molecular weight is 363 g/mol. The summed E-state index contributed by atoms with van der Waals surface area (Å²) in [7, 11) is -4.14. The molecule has 134 valence electrons. The molecule has 2 aromatic rings. The number of hydrogen-bond acceptors (Lipinski definition) is 5. The molecule has 2 atom stereocenters. The van der Waals surface area contributed by atoms with Gasteiger partial charge in [0.25, 0.3) is 10.1 Å². The van der Waals surface area contributed by atoms with Crippen LogP contribution in [-0.4, -0.2) is 36.7 Å². The molecule has 0 bridgehead atoms. The molecule has 0 aliphatic rings. The Hall–Kier alpha value is -2.06. The van der Waals surface area contributed by atoms with E-state index in [0.717, 1.165) is 5.56 Å². The molecule has 7 heteroatoms. The minimum absolute atomic E-state index is 0.0587. The molecule has 0 spiro atoms. The number of carbonyl (C=O) groups excluding carboxylic acids is 1. The Kier molecular flexibility index (Phi) is 6.44. The molecule has 0 radical (unpaired) electrons. The first kappa shape index (κ1) is 19.3. The molecule has 0 amide bonds. The van der Waals surface area contributed by atoms with Crippen molar-refractivity contribution < 1.29 is 22.5 Å². The van der Waals surface area contributed by atoms with Crippen LogP contribution < -0.4 is 5.73 Å². The van der Waals surface area contributed by atoms with Crippen molar-refractivity contribution in [2.45, 2.75) is 25.7 Å². The second-order valence-corrected chi connectivity index (χ2v) is 7.32. The Labute approximate surface area is 147 Å². The van der Waals surface area contributed by atoms with Crippen molar-refractivity contribution in [2.75, 3.05) is 5.75 Å². The molecular weight excluding hydrogens is 342 g/mol. The van der Waals surface area contributed by atoms with Crippen LogP contribution in [0.3, 0.4) is 0 Å². The normalized spacial score (nSPS) is 14.0. The molecule has 3 N–H and O–H groups in total. The molecule has 0 aromatic heterocycles. The maximum atomic E-state index is 12.3. The second kappa shape index (κ2) is 8.35. The average Bonchev–Trinajstić information content (AvgIpc) is 2.58. The lowest BCUT2D eigenvalue weighted by Gasteiger charge is -2.19. The van der Waals surface area contributed by atoms with Crippen LogP contribution in [0, 0.1) is 0 Å². The highest BCUT2D eigenvalue weighted by Crippen LogP contribution is 2.13. The summed E-state index contributed by atoms with van der Waals surface area (Å²) in [6.07, 6.45) is -0.549. The van der Waals surface area contributed by atoms with Crippen molar-refractivity contribution in [1.82, 2.24) is 0 Å². The van der Waals surface area contributed by atoms with Gasteiger partial charge in [-0.15, -0.1) is 0 Å².